The number of halogens is 2. The summed E-state index contributed by atoms with van der Waals surface area (Å²) in [5.41, 5.74) is 3.83. The SMILES string of the molecule is COC(=O)c1csc2c(-c3cc(Cl)ccc3C#CCBr)ccnc12. The molecule has 2 aromatic heterocycles. The lowest BCUT2D eigenvalue weighted by Gasteiger charge is -2.07. The molecule has 0 amide bonds. The summed E-state index contributed by atoms with van der Waals surface area (Å²) in [6.07, 6.45) is 1.68. The molecule has 0 radical (unpaired) electrons. The van der Waals surface area contributed by atoms with Crippen LogP contribution < -0.4 is 0 Å². The number of methoxy groups -OCH3 is 1. The minimum Gasteiger partial charge on any atom is -0.465 e. The first-order valence-corrected chi connectivity index (χ1v) is 9.33. The van der Waals surface area contributed by atoms with E-state index in [0.717, 1.165) is 21.4 Å². The van der Waals surface area contributed by atoms with Gasteiger partial charge in [0.15, 0.2) is 0 Å². The van der Waals surface area contributed by atoms with Gasteiger partial charge in [-0.15, -0.1) is 11.3 Å². The first kappa shape index (κ1) is 17.0. The second-order valence-corrected chi connectivity index (χ2v) is 6.68. The molecule has 0 aliphatic heterocycles. The van der Waals surface area contributed by atoms with Gasteiger partial charge in [0.1, 0.15) is 0 Å². The fourth-order valence-electron chi connectivity index (χ4n) is 2.38. The van der Waals surface area contributed by atoms with E-state index in [2.05, 4.69) is 32.8 Å². The Kier molecular flexibility index (Phi) is 5.20. The van der Waals surface area contributed by atoms with Crippen molar-refractivity contribution in [2.24, 2.45) is 0 Å². The standard InChI is InChI=1S/C18H11BrClNO2S/c1-23-18(22)15-10-24-17-13(6-8-21-16(15)17)14-9-12(20)5-4-11(14)3-2-7-19/h4-6,8-10H,7H2,1H3. The average Bonchev–Trinajstić information content (AvgIpc) is 3.04. The van der Waals surface area contributed by atoms with Gasteiger partial charge in [-0.3, -0.25) is 4.98 Å². The highest BCUT2D eigenvalue weighted by atomic mass is 79.9. The van der Waals surface area contributed by atoms with Gasteiger partial charge in [-0.1, -0.05) is 39.4 Å². The van der Waals surface area contributed by atoms with E-state index in [1.807, 2.05) is 24.3 Å². The van der Waals surface area contributed by atoms with Gasteiger partial charge in [0, 0.05) is 33.3 Å². The maximum absolute atomic E-state index is 11.9. The Morgan fingerprint density at radius 3 is 2.96 bits per heavy atom. The Morgan fingerprint density at radius 2 is 2.21 bits per heavy atom. The second-order valence-electron chi connectivity index (χ2n) is 4.80. The van der Waals surface area contributed by atoms with E-state index in [1.54, 1.807) is 11.6 Å². The highest BCUT2D eigenvalue weighted by Crippen LogP contribution is 2.36. The van der Waals surface area contributed by atoms with Crippen LogP contribution in [0.4, 0.5) is 0 Å². The summed E-state index contributed by atoms with van der Waals surface area (Å²) in [7, 11) is 1.36. The molecule has 6 heteroatoms. The second kappa shape index (κ2) is 7.35. The predicted molar refractivity (Wildman–Crippen MR) is 102 cm³/mol. The van der Waals surface area contributed by atoms with Crippen LogP contribution >= 0.6 is 38.9 Å². The van der Waals surface area contributed by atoms with E-state index in [4.69, 9.17) is 16.3 Å². The van der Waals surface area contributed by atoms with E-state index < -0.39 is 5.97 Å². The Bertz CT molecular complexity index is 988. The maximum Gasteiger partial charge on any atom is 0.340 e. The Labute approximate surface area is 156 Å². The Balaban J connectivity index is 2.26. The number of hydrogen-bond acceptors (Lipinski definition) is 4. The van der Waals surface area contributed by atoms with Crippen molar-refractivity contribution in [2.45, 2.75) is 0 Å². The smallest absolute Gasteiger partial charge is 0.340 e. The molecular weight excluding hydrogens is 410 g/mol. The largest absolute Gasteiger partial charge is 0.465 e. The molecule has 0 spiro atoms. The number of carbonyl (C=O) groups is 1. The van der Waals surface area contributed by atoms with E-state index in [1.165, 1.54) is 18.4 Å². The molecule has 120 valence electrons. The normalized spacial score (nSPS) is 10.3. The van der Waals surface area contributed by atoms with Crippen LogP contribution in [0.15, 0.2) is 35.8 Å². The number of fused-ring (bicyclic) bond motifs is 1. The molecular formula is C18H11BrClNO2S. The topological polar surface area (TPSA) is 39.2 Å². The number of carbonyl (C=O) groups excluding carboxylic acids is 1. The number of rotatable bonds is 2. The van der Waals surface area contributed by atoms with E-state index in [0.29, 0.717) is 21.4 Å². The average molecular weight is 421 g/mol. The summed E-state index contributed by atoms with van der Waals surface area (Å²) < 4.78 is 5.73. The van der Waals surface area contributed by atoms with Crippen LogP contribution in [0.5, 0.6) is 0 Å². The van der Waals surface area contributed by atoms with Crippen LogP contribution in [0.25, 0.3) is 21.3 Å². The lowest BCUT2D eigenvalue weighted by Crippen LogP contribution is -2.00. The molecule has 0 aliphatic carbocycles. The molecule has 0 aliphatic rings. The summed E-state index contributed by atoms with van der Waals surface area (Å²) >= 11 is 11.0. The summed E-state index contributed by atoms with van der Waals surface area (Å²) in [5, 5.41) is 2.98. The van der Waals surface area contributed by atoms with Crippen molar-refractivity contribution < 1.29 is 9.53 Å². The Morgan fingerprint density at radius 1 is 1.38 bits per heavy atom. The number of alkyl halides is 1. The van der Waals surface area contributed by atoms with E-state index in [-0.39, 0.29) is 0 Å². The molecule has 0 saturated carbocycles. The number of benzene rings is 1. The monoisotopic (exact) mass is 419 g/mol. The minimum atomic E-state index is -0.392. The van der Waals surface area contributed by atoms with Gasteiger partial charge in [-0.05, 0) is 24.3 Å². The van der Waals surface area contributed by atoms with Crippen molar-refractivity contribution in [3.63, 3.8) is 0 Å². The molecule has 0 bridgehead atoms. The summed E-state index contributed by atoms with van der Waals surface area (Å²) in [6.45, 7) is 0. The molecule has 3 rings (SSSR count). The highest BCUT2D eigenvalue weighted by Gasteiger charge is 2.17. The predicted octanol–water partition coefficient (Wildman–Crippen LogP) is 5.15. The fourth-order valence-corrected chi connectivity index (χ4v) is 3.71. The van der Waals surface area contributed by atoms with Crippen molar-refractivity contribution in [1.29, 1.82) is 0 Å². The molecule has 0 unspecified atom stereocenters. The first-order chi connectivity index (χ1) is 11.7. The highest BCUT2D eigenvalue weighted by molar-refractivity contribution is 9.09. The molecule has 24 heavy (non-hydrogen) atoms. The summed E-state index contributed by atoms with van der Waals surface area (Å²) in [6, 6.07) is 7.50. The van der Waals surface area contributed by atoms with Crippen LogP contribution in [0.2, 0.25) is 5.02 Å². The van der Waals surface area contributed by atoms with Gasteiger partial charge in [0.2, 0.25) is 0 Å². The lowest BCUT2D eigenvalue weighted by molar-refractivity contribution is 0.0603. The van der Waals surface area contributed by atoms with Crippen molar-refractivity contribution >= 4 is 55.1 Å². The lowest BCUT2D eigenvalue weighted by atomic mass is 10.00. The molecule has 0 N–H and O–H groups in total. The zero-order valence-corrected chi connectivity index (χ0v) is 15.8. The van der Waals surface area contributed by atoms with Crippen molar-refractivity contribution in [2.75, 3.05) is 12.4 Å². The zero-order valence-electron chi connectivity index (χ0n) is 12.6. The van der Waals surface area contributed by atoms with Gasteiger partial charge in [0.05, 0.1) is 28.2 Å². The maximum atomic E-state index is 11.9. The van der Waals surface area contributed by atoms with Crippen LogP contribution in [-0.2, 0) is 4.74 Å². The molecule has 0 fully saturated rings. The van der Waals surface area contributed by atoms with Gasteiger partial charge in [0.25, 0.3) is 0 Å². The van der Waals surface area contributed by atoms with Gasteiger partial charge >= 0.3 is 5.97 Å². The number of pyridine rings is 1. The summed E-state index contributed by atoms with van der Waals surface area (Å²) in [5.74, 6) is 5.75. The number of aromatic nitrogens is 1. The number of thiophene rings is 1. The third kappa shape index (κ3) is 3.18. The van der Waals surface area contributed by atoms with Crippen LogP contribution in [-0.4, -0.2) is 23.4 Å². The molecule has 0 atom stereocenters. The molecule has 3 nitrogen and oxygen atoms in total. The van der Waals surface area contributed by atoms with Crippen molar-refractivity contribution in [3.05, 3.63) is 52.0 Å². The third-order valence-electron chi connectivity index (χ3n) is 3.42. The summed E-state index contributed by atoms with van der Waals surface area (Å²) in [4.78, 5) is 16.2. The number of hydrogen-bond donors (Lipinski definition) is 0. The van der Waals surface area contributed by atoms with Crippen LogP contribution in [0, 0.1) is 11.8 Å². The number of esters is 1. The molecule has 3 aromatic rings. The molecule has 2 heterocycles. The van der Waals surface area contributed by atoms with E-state index in [9.17, 15) is 4.79 Å². The van der Waals surface area contributed by atoms with Crippen LogP contribution in [0.1, 0.15) is 15.9 Å². The third-order valence-corrected chi connectivity index (χ3v) is 4.94. The number of nitrogens with zero attached hydrogens (tertiary/aromatic N) is 1. The first-order valence-electron chi connectivity index (χ1n) is 6.95. The van der Waals surface area contributed by atoms with E-state index >= 15 is 0 Å². The van der Waals surface area contributed by atoms with Crippen molar-refractivity contribution in [3.8, 4) is 23.0 Å². The molecule has 1 aromatic carbocycles. The molecule has 0 saturated heterocycles. The number of ether oxygens (including phenoxy) is 1. The van der Waals surface area contributed by atoms with Gasteiger partial charge < -0.3 is 4.74 Å². The quantitative estimate of drug-likeness (QED) is 0.327. The van der Waals surface area contributed by atoms with Crippen LogP contribution in [0.3, 0.4) is 0 Å². The van der Waals surface area contributed by atoms with Gasteiger partial charge in [-0.2, -0.15) is 0 Å². The Hall–Kier alpha value is -1.87. The van der Waals surface area contributed by atoms with Gasteiger partial charge in [-0.25, -0.2) is 4.79 Å². The van der Waals surface area contributed by atoms with Crippen molar-refractivity contribution in [1.82, 2.24) is 4.98 Å². The minimum absolute atomic E-state index is 0.392. The fraction of sp³-hybridized carbons (Fsp3) is 0.111. The zero-order chi connectivity index (χ0) is 17.1.